The fourth-order valence-electron chi connectivity index (χ4n) is 1.61. The molecule has 0 radical (unpaired) electrons. The molecule has 0 spiro atoms. The minimum Gasteiger partial charge on any atom is -0.302 e. The molecule has 2 heteroatoms. The molecule has 16 heavy (non-hydrogen) atoms. The van der Waals surface area contributed by atoms with E-state index < -0.39 is 0 Å². The predicted octanol–water partition coefficient (Wildman–Crippen LogP) is 2.94. The van der Waals surface area contributed by atoms with E-state index in [4.69, 9.17) is 0 Å². The van der Waals surface area contributed by atoms with Crippen LogP contribution in [-0.4, -0.2) is 31.3 Å². The lowest BCUT2D eigenvalue weighted by Gasteiger charge is -2.11. The number of ketones is 1. The summed E-state index contributed by atoms with van der Waals surface area (Å²) < 4.78 is 0. The summed E-state index contributed by atoms with van der Waals surface area (Å²) in [5.41, 5.74) is 2.12. The van der Waals surface area contributed by atoms with Crippen LogP contribution in [0.3, 0.4) is 0 Å². The third-order valence-corrected chi connectivity index (χ3v) is 2.87. The Morgan fingerprint density at radius 3 is 2.25 bits per heavy atom. The maximum atomic E-state index is 11.8. The summed E-state index contributed by atoms with van der Waals surface area (Å²) in [4.78, 5) is 13.7. The summed E-state index contributed by atoms with van der Waals surface area (Å²) >= 11 is 0. The van der Waals surface area contributed by atoms with Crippen LogP contribution in [0.5, 0.6) is 0 Å². The number of likely N-dealkylation sites (N-methyl/N-ethyl adjacent to an activating group) is 1. The van der Waals surface area contributed by atoms with Crippen LogP contribution < -0.4 is 0 Å². The molecule has 1 unspecified atom stereocenters. The van der Waals surface area contributed by atoms with Crippen LogP contribution in [0.25, 0.3) is 0 Å². The highest BCUT2D eigenvalue weighted by Crippen LogP contribution is 2.18. The van der Waals surface area contributed by atoms with Gasteiger partial charge >= 0.3 is 0 Å². The molecule has 2 nitrogen and oxygen atoms in total. The van der Waals surface area contributed by atoms with E-state index in [1.54, 1.807) is 0 Å². The second-order valence-electron chi connectivity index (χ2n) is 4.59. The van der Waals surface area contributed by atoms with Gasteiger partial charge in [0.15, 0.2) is 5.78 Å². The molecule has 0 aliphatic carbocycles. The predicted molar refractivity (Wildman–Crippen MR) is 68.0 cm³/mol. The van der Waals surface area contributed by atoms with E-state index in [1.807, 2.05) is 31.1 Å². The number of hydrogen-bond donors (Lipinski definition) is 0. The molecule has 1 aromatic rings. The van der Waals surface area contributed by atoms with Crippen molar-refractivity contribution in [3.63, 3.8) is 0 Å². The molecule has 1 atom stereocenters. The molecule has 0 heterocycles. The van der Waals surface area contributed by atoms with Crippen molar-refractivity contribution >= 4 is 5.78 Å². The van der Waals surface area contributed by atoms with Crippen molar-refractivity contribution in [1.82, 2.24) is 4.90 Å². The molecule has 0 N–H and O–H groups in total. The van der Waals surface area contributed by atoms with Gasteiger partial charge in [-0.1, -0.05) is 38.1 Å². The van der Waals surface area contributed by atoms with E-state index in [9.17, 15) is 4.79 Å². The summed E-state index contributed by atoms with van der Waals surface area (Å²) in [7, 11) is 3.82. The Bertz CT molecular complexity index is 340. The topological polar surface area (TPSA) is 20.3 Å². The number of benzene rings is 1. The van der Waals surface area contributed by atoms with E-state index in [2.05, 4.69) is 26.0 Å². The summed E-state index contributed by atoms with van der Waals surface area (Å²) in [5.74, 6) is 0.749. The molecule has 0 saturated heterocycles. The van der Waals surface area contributed by atoms with Gasteiger partial charge in [-0.2, -0.15) is 0 Å². The number of rotatable bonds is 5. The molecule has 0 aromatic heterocycles. The lowest BCUT2D eigenvalue weighted by Crippen LogP contribution is -2.21. The average Bonchev–Trinajstić information content (AvgIpc) is 2.27. The first-order chi connectivity index (χ1) is 7.54. The molecular weight excluding hydrogens is 198 g/mol. The summed E-state index contributed by atoms with van der Waals surface area (Å²) in [6.45, 7) is 4.86. The fourth-order valence-corrected chi connectivity index (χ4v) is 1.61. The highest BCUT2D eigenvalue weighted by molar-refractivity contribution is 5.97. The molecule has 1 aromatic carbocycles. The monoisotopic (exact) mass is 219 g/mol. The Morgan fingerprint density at radius 1 is 1.25 bits per heavy atom. The van der Waals surface area contributed by atoms with E-state index in [0.717, 1.165) is 12.0 Å². The Balaban J connectivity index is 2.74. The van der Waals surface area contributed by atoms with E-state index in [1.165, 1.54) is 5.56 Å². The van der Waals surface area contributed by atoms with Crippen LogP contribution >= 0.6 is 0 Å². The Labute approximate surface area is 98.3 Å². The third kappa shape index (κ3) is 3.46. The largest absolute Gasteiger partial charge is 0.302 e. The van der Waals surface area contributed by atoms with Gasteiger partial charge in [-0.05, 0) is 32.0 Å². The summed E-state index contributed by atoms with van der Waals surface area (Å²) in [5, 5.41) is 0. The number of nitrogens with zero attached hydrogens (tertiary/aromatic N) is 1. The van der Waals surface area contributed by atoms with Crippen LogP contribution in [0.2, 0.25) is 0 Å². The van der Waals surface area contributed by atoms with Gasteiger partial charge in [0, 0.05) is 5.56 Å². The van der Waals surface area contributed by atoms with Crippen LogP contribution in [-0.2, 0) is 0 Å². The third-order valence-electron chi connectivity index (χ3n) is 2.87. The van der Waals surface area contributed by atoms with Crippen LogP contribution in [0.4, 0.5) is 0 Å². The second kappa shape index (κ2) is 5.80. The van der Waals surface area contributed by atoms with Gasteiger partial charge in [0.1, 0.15) is 0 Å². The van der Waals surface area contributed by atoms with Crippen molar-refractivity contribution in [2.75, 3.05) is 20.6 Å². The summed E-state index contributed by atoms with van der Waals surface area (Å²) in [6, 6.07) is 8.01. The van der Waals surface area contributed by atoms with E-state index in [0.29, 0.717) is 12.5 Å². The zero-order valence-corrected chi connectivity index (χ0v) is 10.7. The molecule has 0 aliphatic heterocycles. The van der Waals surface area contributed by atoms with Crippen LogP contribution in [0.1, 0.15) is 42.1 Å². The number of carbonyl (C=O) groups is 1. The molecule has 0 aliphatic rings. The Morgan fingerprint density at radius 2 is 1.81 bits per heavy atom. The SMILES string of the molecule is CCC(C)c1ccc(C(=O)CN(C)C)cc1. The Kier molecular flexibility index (Phi) is 4.69. The molecule has 88 valence electrons. The smallest absolute Gasteiger partial charge is 0.176 e. The van der Waals surface area contributed by atoms with Crippen molar-refractivity contribution in [2.45, 2.75) is 26.2 Å². The van der Waals surface area contributed by atoms with Crippen molar-refractivity contribution in [3.05, 3.63) is 35.4 Å². The molecule has 0 amide bonds. The Hall–Kier alpha value is -1.15. The van der Waals surface area contributed by atoms with Crippen molar-refractivity contribution < 1.29 is 4.79 Å². The lowest BCUT2D eigenvalue weighted by molar-refractivity contribution is 0.0958. The molecule has 0 bridgehead atoms. The zero-order valence-electron chi connectivity index (χ0n) is 10.7. The highest BCUT2D eigenvalue weighted by Gasteiger charge is 2.08. The van der Waals surface area contributed by atoms with E-state index in [-0.39, 0.29) is 5.78 Å². The van der Waals surface area contributed by atoms with Crippen molar-refractivity contribution in [2.24, 2.45) is 0 Å². The van der Waals surface area contributed by atoms with Crippen LogP contribution in [0.15, 0.2) is 24.3 Å². The van der Waals surface area contributed by atoms with Gasteiger partial charge in [0.2, 0.25) is 0 Å². The van der Waals surface area contributed by atoms with Gasteiger partial charge in [-0.15, -0.1) is 0 Å². The quantitative estimate of drug-likeness (QED) is 0.710. The molecule has 0 saturated carbocycles. The fraction of sp³-hybridized carbons (Fsp3) is 0.500. The van der Waals surface area contributed by atoms with Gasteiger partial charge in [-0.25, -0.2) is 0 Å². The van der Waals surface area contributed by atoms with Crippen molar-refractivity contribution in [1.29, 1.82) is 0 Å². The van der Waals surface area contributed by atoms with E-state index >= 15 is 0 Å². The first-order valence-electron chi connectivity index (χ1n) is 5.82. The molecule has 0 fully saturated rings. The minimum atomic E-state index is 0.181. The van der Waals surface area contributed by atoms with Gasteiger partial charge < -0.3 is 4.90 Å². The number of Topliss-reactive ketones (excluding diaryl/α,β-unsaturated/α-hetero) is 1. The van der Waals surface area contributed by atoms with Gasteiger partial charge in [-0.3, -0.25) is 4.79 Å². The first-order valence-corrected chi connectivity index (χ1v) is 5.82. The maximum absolute atomic E-state index is 11.8. The number of carbonyl (C=O) groups excluding carboxylic acids is 1. The maximum Gasteiger partial charge on any atom is 0.176 e. The zero-order chi connectivity index (χ0) is 12.1. The standard InChI is InChI=1S/C14H21NO/c1-5-11(2)12-6-8-13(9-7-12)14(16)10-15(3)4/h6-9,11H,5,10H2,1-4H3. The van der Waals surface area contributed by atoms with Gasteiger partial charge in [0.05, 0.1) is 6.54 Å². The minimum absolute atomic E-state index is 0.181. The van der Waals surface area contributed by atoms with Crippen LogP contribution in [0, 0.1) is 0 Å². The lowest BCUT2D eigenvalue weighted by atomic mass is 9.97. The molecule has 1 rings (SSSR count). The first kappa shape index (κ1) is 12.9. The summed E-state index contributed by atoms with van der Waals surface area (Å²) in [6.07, 6.45) is 1.13. The van der Waals surface area contributed by atoms with Gasteiger partial charge in [0.25, 0.3) is 0 Å². The van der Waals surface area contributed by atoms with Crippen molar-refractivity contribution in [3.8, 4) is 0 Å². The second-order valence-corrected chi connectivity index (χ2v) is 4.59. The normalized spacial score (nSPS) is 12.8. The highest BCUT2D eigenvalue weighted by atomic mass is 16.1. The average molecular weight is 219 g/mol. The molecular formula is C14H21NO. The number of hydrogen-bond acceptors (Lipinski definition) is 2.